The highest BCUT2D eigenvalue weighted by Gasteiger charge is 2.45. The summed E-state index contributed by atoms with van der Waals surface area (Å²) < 4.78 is 44.5. The third-order valence-corrected chi connectivity index (χ3v) is 3.46. The Labute approximate surface area is 110 Å². The van der Waals surface area contributed by atoms with Crippen LogP contribution in [0.2, 0.25) is 0 Å². The minimum Gasteiger partial charge on any atom is -0.385 e. The van der Waals surface area contributed by atoms with Crippen LogP contribution in [0, 0.1) is 0 Å². The molecule has 1 aliphatic heterocycles. The molecule has 1 aromatic rings. The lowest BCUT2D eigenvalue weighted by Crippen LogP contribution is -2.44. The topological polar surface area (TPSA) is 29.5 Å². The van der Waals surface area contributed by atoms with E-state index in [9.17, 15) is 18.3 Å². The van der Waals surface area contributed by atoms with E-state index in [1.165, 1.54) is 18.2 Å². The molecule has 0 saturated carbocycles. The van der Waals surface area contributed by atoms with E-state index in [4.69, 9.17) is 4.74 Å². The molecule has 0 spiro atoms. The number of hydrogen-bond acceptors (Lipinski definition) is 2. The van der Waals surface area contributed by atoms with Gasteiger partial charge in [-0.1, -0.05) is 18.2 Å². The van der Waals surface area contributed by atoms with Gasteiger partial charge in [-0.3, -0.25) is 0 Å². The molecule has 0 aromatic heterocycles. The van der Waals surface area contributed by atoms with E-state index in [0.717, 1.165) is 6.07 Å². The predicted octanol–water partition coefficient (Wildman–Crippen LogP) is 3.48. The molecule has 1 unspecified atom stereocenters. The Bertz CT molecular complexity index is 468. The van der Waals surface area contributed by atoms with E-state index in [1.807, 2.05) is 0 Å². The molecule has 1 atom stereocenters. The van der Waals surface area contributed by atoms with Crippen molar-refractivity contribution in [3.63, 3.8) is 0 Å². The second-order valence-corrected chi connectivity index (χ2v) is 5.61. The first-order valence-corrected chi connectivity index (χ1v) is 6.17. The first-order chi connectivity index (χ1) is 8.64. The number of benzene rings is 1. The second kappa shape index (κ2) is 4.49. The van der Waals surface area contributed by atoms with Crippen molar-refractivity contribution < 1.29 is 23.0 Å². The fourth-order valence-corrected chi connectivity index (χ4v) is 2.71. The molecular weight excluding hydrogens is 257 g/mol. The van der Waals surface area contributed by atoms with E-state index in [1.54, 1.807) is 13.8 Å². The number of hydrogen-bond donors (Lipinski definition) is 1. The van der Waals surface area contributed by atoms with Crippen molar-refractivity contribution in [1.29, 1.82) is 0 Å². The molecule has 1 saturated heterocycles. The zero-order valence-electron chi connectivity index (χ0n) is 10.9. The molecule has 106 valence electrons. The van der Waals surface area contributed by atoms with Crippen LogP contribution in [0.3, 0.4) is 0 Å². The summed E-state index contributed by atoms with van der Waals surface area (Å²) >= 11 is 0. The molecule has 0 aliphatic carbocycles. The summed E-state index contributed by atoms with van der Waals surface area (Å²) in [4.78, 5) is 0. The zero-order chi connectivity index (χ0) is 14.3. The van der Waals surface area contributed by atoms with Crippen molar-refractivity contribution in [2.45, 2.75) is 44.1 Å². The maximum atomic E-state index is 13.0. The van der Waals surface area contributed by atoms with E-state index >= 15 is 0 Å². The molecule has 1 heterocycles. The number of alkyl halides is 3. The largest absolute Gasteiger partial charge is 0.416 e. The average molecular weight is 274 g/mol. The van der Waals surface area contributed by atoms with Crippen molar-refractivity contribution in [1.82, 2.24) is 0 Å². The Hall–Kier alpha value is -1.07. The minimum atomic E-state index is -4.46. The van der Waals surface area contributed by atoms with Gasteiger partial charge in [0.25, 0.3) is 0 Å². The lowest BCUT2D eigenvalue weighted by atomic mass is 9.77. The van der Waals surface area contributed by atoms with Gasteiger partial charge in [-0.05, 0) is 25.5 Å². The van der Waals surface area contributed by atoms with Gasteiger partial charge in [0.15, 0.2) is 0 Å². The summed E-state index contributed by atoms with van der Waals surface area (Å²) in [6, 6.07) is 5.21. The van der Waals surface area contributed by atoms with Crippen LogP contribution >= 0.6 is 0 Å². The van der Waals surface area contributed by atoms with Crippen molar-refractivity contribution in [3.8, 4) is 0 Å². The molecule has 0 radical (unpaired) electrons. The SMILES string of the molecule is CC1(C)CC(O)(c2ccccc2C(F)(F)F)CCO1. The van der Waals surface area contributed by atoms with Crippen molar-refractivity contribution in [3.05, 3.63) is 35.4 Å². The van der Waals surface area contributed by atoms with Crippen molar-refractivity contribution in [2.24, 2.45) is 0 Å². The molecule has 0 bridgehead atoms. The third-order valence-electron chi connectivity index (χ3n) is 3.46. The molecular formula is C14H17F3O2. The zero-order valence-corrected chi connectivity index (χ0v) is 10.9. The van der Waals surface area contributed by atoms with Crippen LogP contribution in [0.1, 0.15) is 37.8 Å². The molecule has 1 N–H and O–H groups in total. The molecule has 2 nitrogen and oxygen atoms in total. The summed E-state index contributed by atoms with van der Waals surface area (Å²) in [6.07, 6.45) is -4.15. The predicted molar refractivity (Wildman–Crippen MR) is 64.6 cm³/mol. The third kappa shape index (κ3) is 2.92. The van der Waals surface area contributed by atoms with Crippen LogP contribution in [0.5, 0.6) is 0 Å². The number of halogens is 3. The molecule has 5 heteroatoms. The Morgan fingerprint density at radius 3 is 2.42 bits per heavy atom. The second-order valence-electron chi connectivity index (χ2n) is 5.61. The van der Waals surface area contributed by atoms with Gasteiger partial charge in [0, 0.05) is 12.8 Å². The van der Waals surface area contributed by atoms with E-state index in [2.05, 4.69) is 0 Å². The minimum absolute atomic E-state index is 0.0566. The van der Waals surface area contributed by atoms with Crippen LogP contribution < -0.4 is 0 Å². The number of rotatable bonds is 1. The molecule has 2 rings (SSSR count). The fraction of sp³-hybridized carbons (Fsp3) is 0.571. The standard InChI is InChI=1S/C14H17F3O2/c1-12(2)9-13(18,7-8-19-12)10-5-3-4-6-11(10)14(15,16)17/h3-6,18H,7-9H2,1-2H3. The highest BCUT2D eigenvalue weighted by Crippen LogP contribution is 2.44. The van der Waals surface area contributed by atoms with Gasteiger partial charge in [-0.25, -0.2) is 0 Å². The number of ether oxygens (including phenoxy) is 1. The molecule has 0 amide bonds. The summed E-state index contributed by atoms with van der Waals surface area (Å²) in [6.45, 7) is 3.79. The quantitative estimate of drug-likeness (QED) is 0.849. The van der Waals surface area contributed by atoms with E-state index in [0.29, 0.717) is 0 Å². The molecule has 1 fully saturated rings. The lowest BCUT2D eigenvalue weighted by molar-refractivity contribution is -0.160. The Kier molecular flexibility index (Phi) is 3.39. The van der Waals surface area contributed by atoms with Crippen LogP contribution in [-0.2, 0) is 16.5 Å². The maximum absolute atomic E-state index is 13.0. The highest BCUT2D eigenvalue weighted by molar-refractivity contribution is 5.35. The van der Waals surface area contributed by atoms with Gasteiger partial charge in [-0.15, -0.1) is 0 Å². The van der Waals surface area contributed by atoms with E-state index in [-0.39, 0.29) is 25.0 Å². The normalized spacial score (nSPS) is 27.3. The van der Waals surface area contributed by atoms with Gasteiger partial charge >= 0.3 is 6.18 Å². The summed E-state index contributed by atoms with van der Waals surface area (Å²) in [5, 5.41) is 10.6. The lowest BCUT2D eigenvalue weighted by Gasteiger charge is -2.42. The smallest absolute Gasteiger partial charge is 0.385 e. The number of aliphatic hydroxyl groups is 1. The summed E-state index contributed by atoms with van der Waals surface area (Å²) in [5.74, 6) is 0. The summed E-state index contributed by atoms with van der Waals surface area (Å²) in [5.41, 5.74) is -2.95. The van der Waals surface area contributed by atoms with Gasteiger partial charge < -0.3 is 9.84 Å². The van der Waals surface area contributed by atoms with Gasteiger partial charge in [0.05, 0.1) is 23.4 Å². The van der Waals surface area contributed by atoms with Gasteiger partial charge in [0.2, 0.25) is 0 Å². The molecule has 19 heavy (non-hydrogen) atoms. The van der Waals surface area contributed by atoms with Crippen LogP contribution in [0.4, 0.5) is 13.2 Å². The van der Waals surface area contributed by atoms with Gasteiger partial charge in [-0.2, -0.15) is 13.2 Å². The average Bonchev–Trinajstić information content (AvgIpc) is 2.26. The van der Waals surface area contributed by atoms with Crippen LogP contribution in [-0.4, -0.2) is 17.3 Å². The maximum Gasteiger partial charge on any atom is 0.416 e. The highest BCUT2D eigenvalue weighted by atomic mass is 19.4. The first kappa shape index (κ1) is 14.3. The Morgan fingerprint density at radius 1 is 1.21 bits per heavy atom. The van der Waals surface area contributed by atoms with Gasteiger partial charge in [0.1, 0.15) is 0 Å². The van der Waals surface area contributed by atoms with Crippen molar-refractivity contribution >= 4 is 0 Å². The Balaban J connectivity index is 2.46. The van der Waals surface area contributed by atoms with Crippen molar-refractivity contribution in [2.75, 3.05) is 6.61 Å². The van der Waals surface area contributed by atoms with Crippen LogP contribution in [0.15, 0.2) is 24.3 Å². The molecule has 1 aromatic carbocycles. The first-order valence-electron chi connectivity index (χ1n) is 6.17. The summed E-state index contributed by atoms with van der Waals surface area (Å²) in [7, 11) is 0. The fourth-order valence-electron chi connectivity index (χ4n) is 2.71. The Morgan fingerprint density at radius 2 is 1.84 bits per heavy atom. The van der Waals surface area contributed by atoms with Crippen LogP contribution in [0.25, 0.3) is 0 Å². The molecule has 1 aliphatic rings. The van der Waals surface area contributed by atoms with E-state index < -0.39 is 22.9 Å². The monoisotopic (exact) mass is 274 g/mol.